The molecule has 1 N–H and O–H groups in total. The SMILES string of the molecule is CCC(=O)c1ccc(OCC(O)CN2CCN(c3ccccc3OC)CC2)cc1.Cl.Cl. The van der Waals surface area contributed by atoms with Crippen molar-refractivity contribution in [1.82, 2.24) is 4.90 Å². The van der Waals surface area contributed by atoms with Crippen molar-refractivity contribution >= 4 is 36.3 Å². The number of anilines is 1. The predicted octanol–water partition coefficient (Wildman–Crippen LogP) is 3.69. The van der Waals surface area contributed by atoms with E-state index in [1.807, 2.05) is 25.1 Å². The Labute approximate surface area is 197 Å². The van der Waals surface area contributed by atoms with Crippen molar-refractivity contribution < 1.29 is 19.4 Å². The van der Waals surface area contributed by atoms with E-state index in [1.165, 1.54) is 0 Å². The lowest BCUT2D eigenvalue weighted by atomic mass is 10.1. The smallest absolute Gasteiger partial charge is 0.162 e. The van der Waals surface area contributed by atoms with Gasteiger partial charge in [0.1, 0.15) is 24.2 Å². The average Bonchev–Trinajstić information content (AvgIpc) is 2.78. The molecule has 0 radical (unpaired) electrons. The van der Waals surface area contributed by atoms with Crippen molar-refractivity contribution in [3.63, 3.8) is 0 Å². The summed E-state index contributed by atoms with van der Waals surface area (Å²) in [4.78, 5) is 16.2. The van der Waals surface area contributed by atoms with E-state index in [-0.39, 0.29) is 37.2 Å². The lowest BCUT2D eigenvalue weighted by Gasteiger charge is -2.37. The highest BCUT2D eigenvalue weighted by Crippen LogP contribution is 2.28. The lowest BCUT2D eigenvalue weighted by molar-refractivity contribution is 0.0662. The minimum absolute atomic E-state index is 0. The van der Waals surface area contributed by atoms with Crippen LogP contribution >= 0.6 is 24.8 Å². The monoisotopic (exact) mass is 470 g/mol. The van der Waals surface area contributed by atoms with Gasteiger partial charge in [-0.15, -0.1) is 24.8 Å². The van der Waals surface area contributed by atoms with Gasteiger partial charge in [-0.1, -0.05) is 19.1 Å². The van der Waals surface area contributed by atoms with Gasteiger partial charge in [-0.25, -0.2) is 0 Å². The molecule has 1 saturated heterocycles. The van der Waals surface area contributed by atoms with Gasteiger partial charge in [0, 0.05) is 44.7 Å². The van der Waals surface area contributed by atoms with Crippen molar-refractivity contribution in [2.45, 2.75) is 19.4 Å². The van der Waals surface area contributed by atoms with E-state index in [0.717, 1.165) is 37.6 Å². The highest BCUT2D eigenvalue weighted by Gasteiger charge is 2.21. The van der Waals surface area contributed by atoms with Crippen LogP contribution in [-0.2, 0) is 0 Å². The van der Waals surface area contributed by atoms with Crippen LogP contribution in [0.1, 0.15) is 23.7 Å². The molecular formula is C23H32Cl2N2O4. The predicted molar refractivity (Wildman–Crippen MR) is 129 cm³/mol. The van der Waals surface area contributed by atoms with Gasteiger partial charge in [0.15, 0.2) is 5.78 Å². The Morgan fingerprint density at radius 3 is 2.29 bits per heavy atom. The van der Waals surface area contributed by atoms with Gasteiger partial charge in [-0.05, 0) is 36.4 Å². The molecule has 0 aliphatic carbocycles. The molecule has 6 nitrogen and oxygen atoms in total. The van der Waals surface area contributed by atoms with E-state index in [2.05, 4.69) is 15.9 Å². The second-order valence-electron chi connectivity index (χ2n) is 7.23. The van der Waals surface area contributed by atoms with E-state index in [0.29, 0.717) is 24.3 Å². The first-order chi connectivity index (χ1) is 14.1. The molecule has 0 amide bonds. The number of para-hydroxylation sites is 2. The molecule has 2 aromatic carbocycles. The summed E-state index contributed by atoms with van der Waals surface area (Å²) in [6.45, 7) is 6.19. The highest BCUT2D eigenvalue weighted by molar-refractivity contribution is 5.95. The van der Waals surface area contributed by atoms with Gasteiger partial charge in [0.25, 0.3) is 0 Å². The highest BCUT2D eigenvalue weighted by atomic mass is 35.5. The van der Waals surface area contributed by atoms with Crippen LogP contribution in [-0.4, -0.2) is 68.3 Å². The fourth-order valence-electron chi connectivity index (χ4n) is 3.55. The number of methoxy groups -OCH3 is 1. The molecule has 0 aromatic heterocycles. The second kappa shape index (κ2) is 13.4. The summed E-state index contributed by atoms with van der Waals surface area (Å²) in [7, 11) is 1.70. The zero-order chi connectivity index (χ0) is 20.6. The Kier molecular flexibility index (Phi) is 11.7. The third-order valence-electron chi connectivity index (χ3n) is 5.21. The Bertz CT molecular complexity index is 796. The van der Waals surface area contributed by atoms with E-state index in [1.54, 1.807) is 31.4 Å². The van der Waals surface area contributed by atoms with Gasteiger partial charge in [-0.3, -0.25) is 9.69 Å². The third kappa shape index (κ3) is 7.58. The molecule has 0 spiro atoms. The second-order valence-corrected chi connectivity index (χ2v) is 7.23. The van der Waals surface area contributed by atoms with Crippen molar-refractivity contribution in [2.24, 2.45) is 0 Å². The molecule has 8 heteroatoms. The molecule has 31 heavy (non-hydrogen) atoms. The molecule has 172 valence electrons. The number of aliphatic hydroxyl groups excluding tert-OH is 1. The maximum Gasteiger partial charge on any atom is 0.162 e. The van der Waals surface area contributed by atoms with Gasteiger partial charge >= 0.3 is 0 Å². The lowest BCUT2D eigenvalue weighted by Crippen LogP contribution is -2.49. The number of ether oxygens (including phenoxy) is 2. The summed E-state index contributed by atoms with van der Waals surface area (Å²) in [5, 5.41) is 10.4. The summed E-state index contributed by atoms with van der Waals surface area (Å²) in [6.07, 6.45) is -0.0757. The summed E-state index contributed by atoms with van der Waals surface area (Å²) in [5.74, 6) is 1.67. The number of β-amino-alcohol motifs (C(OH)–C–C–N with tert-alkyl or cyclic N) is 1. The number of rotatable bonds is 9. The Morgan fingerprint density at radius 2 is 1.68 bits per heavy atom. The average molecular weight is 471 g/mol. The van der Waals surface area contributed by atoms with Crippen molar-refractivity contribution in [3.05, 3.63) is 54.1 Å². The van der Waals surface area contributed by atoms with Crippen LogP contribution in [0.2, 0.25) is 0 Å². The maximum atomic E-state index is 11.7. The molecular weight excluding hydrogens is 439 g/mol. The number of ketones is 1. The van der Waals surface area contributed by atoms with Crippen molar-refractivity contribution in [3.8, 4) is 11.5 Å². The largest absolute Gasteiger partial charge is 0.495 e. The summed E-state index contributed by atoms with van der Waals surface area (Å²) >= 11 is 0. The van der Waals surface area contributed by atoms with Crippen LogP contribution in [0, 0.1) is 0 Å². The first-order valence-electron chi connectivity index (χ1n) is 10.1. The topological polar surface area (TPSA) is 62.2 Å². The van der Waals surface area contributed by atoms with Crippen LogP contribution in [0.5, 0.6) is 11.5 Å². The van der Waals surface area contributed by atoms with Gasteiger partial charge in [0.05, 0.1) is 12.8 Å². The molecule has 0 bridgehead atoms. The fourth-order valence-corrected chi connectivity index (χ4v) is 3.55. The van der Waals surface area contributed by atoms with E-state index in [9.17, 15) is 9.90 Å². The number of carbonyl (C=O) groups excluding carboxylic acids is 1. The van der Waals surface area contributed by atoms with E-state index < -0.39 is 6.10 Å². The molecule has 1 heterocycles. The van der Waals surface area contributed by atoms with Crippen LogP contribution in [0.15, 0.2) is 48.5 Å². The molecule has 2 aromatic rings. The molecule has 1 fully saturated rings. The Hall–Kier alpha value is -1.99. The van der Waals surface area contributed by atoms with Gasteiger partial charge < -0.3 is 19.5 Å². The molecule has 3 rings (SSSR count). The number of piperazine rings is 1. The van der Waals surface area contributed by atoms with E-state index >= 15 is 0 Å². The Balaban J connectivity index is 0.00000240. The number of hydrogen-bond donors (Lipinski definition) is 1. The van der Waals surface area contributed by atoms with Crippen LogP contribution in [0.3, 0.4) is 0 Å². The molecule has 0 saturated carbocycles. The molecule has 1 aliphatic rings. The summed E-state index contributed by atoms with van der Waals surface area (Å²) in [5.41, 5.74) is 1.80. The normalized spacial score (nSPS) is 14.7. The van der Waals surface area contributed by atoms with E-state index in [4.69, 9.17) is 9.47 Å². The zero-order valence-corrected chi connectivity index (χ0v) is 19.7. The molecule has 1 aliphatic heterocycles. The number of Topliss-reactive ketones (excluding diaryl/α,β-unsaturated/α-hetero) is 1. The third-order valence-corrected chi connectivity index (χ3v) is 5.21. The van der Waals surface area contributed by atoms with Crippen molar-refractivity contribution in [2.75, 3.05) is 51.3 Å². The summed E-state index contributed by atoms with van der Waals surface area (Å²) < 4.78 is 11.1. The standard InChI is InChI=1S/C23H30N2O4.2ClH/c1-3-22(27)18-8-10-20(11-9-18)29-17-19(26)16-24-12-14-25(15-13-24)21-6-4-5-7-23(21)28-2;;/h4-11,19,26H,3,12-17H2,1-2H3;2*1H. The Morgan fingerprint density at radius 1 is 1.03 bits per heavy atom. The number of hydrogen-bond acceptors (Lipinski definition) is 6. The van der Waals surface area contributed by atoms with Crippen molar-refractivity contribution in [1.29, 1.82) is 0 Å². The minimum atomic E-state index is -0.565. The molecule has 1 unspecified atom stereocenters. The first kappa shape index (κ1) is 27.0. The minimum Gasteiger partial charge on any atom is -0.495 e. The first-order valence-corrected chi connectivity index (χ1v) is 10.1. The van der Waals surface area contributed by atoms with Crippen LogP contribution in [0.4, 0.5) is 5.69 Å². The van der Waals surface area contributed by atoms with Gasteiger partial charge in [-0.2, -0.15) is 0 Å². The number of carbonyl (C=O) groups is 1. The number of halogens is 2. The number of nitrogens with zero attached hydrogens (tertiary/aromatic N) is 2. The van der Waals surface area contributed by atoms with Crippen LogP contribution in [0.25, 0.3) is 0 Å². The zero-order valence-electron chi connectivity index (χ0n) is 18.0. The van der Waals surface area contributed by atoms with Crippen LogP contribution < -0.4 is 14.4 Å². The number of aliphatic hydroxyl groups is 1. The quantitative estimate of drug-likeness (QED) is 0.563. The summed E-state index contributed by atoms with van der Waals surface area (Å²) in [6, 6.07) is 15.2. The maximum absolute atomic E-state index is 11.7. The fraction of sp³-hybridized carbons (Fsp3) is 0.435. The molecule has 1 atom stereocenters. The number of benzene rings is 2. The van der Waals surface area contributed by atoms with Gasteiger partial charge in [0.2, 0.25) is 0 Å².